The van der Waals surface area contributed by atoms with Crippen molar-refractivity contribution in [2.75, 3.05) is 49.5 Å². The summed E-state index contributed by atoms with van der Waals surface area (Å²) in [7, 11) is 0. The van der Waals surface area contributed by atoms with Crippen LogP contribution in [-0.4, -0.2) is 66.8 Å². The molecule has 216 valence electrons. The summed E-state index contributed by atoms with van der Waals surface area (Å²) in [5.74, 6) is -1.38. The zero-order valence-corrected chi connectivity index (χ0v) is 24.1. The van der Waals surface area contributed by atoms with Crippen LogP contribution >= 0.6 is 0 Å². The molecule has 0 spiro atoms. The number of hydrogen-bond acceptors (Lipinski definition) is 4. The Morgan fingerprint density at radius 1 is 0.854 bits per heavy atom. The van der Waals surface area contributed by atoms with E-state index in [2.05, 4.69) is 10.2 Å². The molecule has 3 aromatic carbocycles. The van der Waals surface area contributed by atoms with E-state index in [9.17, 15) is 18.8 Å². The molecule has 3 amide bonds. The first kappa shape index (κ1) is 29.8. The SMILES string of the molecule is CC[C@@H](C(=O)N1CCCN(c2ccc(NC(=O)c3ccccc3F)cc2C(=O)N(CC)CC)CC1)c1ccccc1. The summed E-state index contributed by atoms with van der Waals surface area (Å²) in [6.07, 6.45) is 1.49. The number of benzene rings is 3. The topological polar surface area (TPSA) is 73.0 Å². The first-order valence-electron chi connectivity index (χ1n) is 14.5. The zero-order valence-electron chi connectivity index (χ0n) is 24.1. The van der Waals surface area contributed by atoms with E-state index in [1.165, 1.54) is 18.2 Å². The van der Waals surface area contributed by atoms with Crippen molar-refractivity contribution >= 4 is 29.1 Å². The number of carbonyl (C=O) groups is 3. The fourth-order valence-electron chi connectivity index (χ4n) is 5.42. The van der Waals surface area contributed by atoms with E-state index < -0.39 is 11.7 Å². The van der Waals surface area contributed by atoms with E-state index in [-0.39, 0.29) is 23.3 Å². The van der Waals surface area contributed by atoms with Gasteiger partial charge >= 0.3 is 0 Å². The smallest absolute Gasteiger partial charge is 0.258 e. The molecule has 4 rings (SSSR count). The first-order chi connectivity index (χ1) is 19.9. The minimum absolute atomic E-state index is 0.0636. The van der Waals surface area contributed by atoms with Crippen LogP contribution in [0.25, 0.3) is 0 Å². The summed E-state index contributed by atoms with van der Waals surface area (Å²) in [6, 6.07) is 20.9. The van der Waals surface area contributed by atoms with Gasteiger partial charge in [-0.2, -0.15) is 0 Å². The van der Waals surface area contributed by atoms with Crippen LogP contribution in [0.15, 0.2) is 72.8 Å². The summed E-state index contributed by atoms with van der Waals surface area (Å²) in [5.41, 5.74) is 2.61. The van der Waals surface area contributed by atoms with Crippen molar-refractivity contribution in [3.05, 3.63) is 95.3 Å². The second kappa shape index (κ2) is 13.9. The fraction of sp³-hybridized carbons (Fsp3) is 0.364. The van der Waals surface area contributed by atoms with E-state index in [1.807, 2.05) is 62.1 Å². The molecule has 1 aliphatic rings. The molecule has 0 radical (unpaired) electrons. The summed E-state index contributed by atoms with van der Waals surface area (Å²) < 4.78 is 14.2. The molecular formula is C33H39FN4O3. The number of anilines is 2. The van der Waals surface area contributed by atoms with Crippen molar-refractivity contribution in [2.24, 2.45) is 0 Å². The Hall–Kier alpha value is -4.20. The minimum atomic E-state index is -0.609. The van der Waals surface area contributed by atoms with Gasteiger partial charge in [-0.3, -0.25) is 14.4 Å². The number of rotatable bonds is 9. The summed E-state index contributed by atoms with van der Waals surface area (Å²) in [4.78, 5) is 45.8. The zero-order chi connectivity index (χ0) is 29.4. The summed E-state index contributed by atoms with van der Waals surface area (Å²) >= 11 is 0. The van der Waals surface area contributed by atoms with Crippen molar-refractivity contribution in [3.8, 4) is 0 Å². The normalized spacial score (nSPS) is 14.2. The Morgan fingerprint density at radius 3 is 2.24 bits per heavy atom. The average Bonchev–Trinajstić information content (AvgIpc) is 3.25. The van der Waals surface area contributed by atoms with Crippen molar-refractivity contribution in [1.29, 1.82) is 0 Å². The largest absolute Gasteiger partial charge is 0.369 e. The highest BCUT2D eigenvalue weighted by Crippen LogP contribution is 2.29. The highest BCUT2D eigenvalue weighted by Gasteiger charge is 2.28. The number of amides is 3. The molecule has 0 saturated carbocycles. The lowest BCUT2D eigenvalue weighted by atomic mass is 9.95. The molecule has 3 aromatic rings. The third-order valence-corrected chi connectivity index (χ3v) is 7.71. The van der Waals surface area contributed by atoms with Crippen molar-refractivity contribution in [3.63, 3.8) is 0 Å². The molecule has 8 heteroatoms. The quantitative estimate of drug-likeness (QED) is 0.361. The Labute approximate surface area is 241 Å². The summed E-state index contributed by atoms with van der Waals surface area (Å²) in [5, 5.41) is 2.75. The van der Waals surface area contributed by atoms with Gasteiger partial charge in [-0.15, -0.1) is 0 Å². The van der Waals surface area contributed by atoms with Gasteiger partial charge in [-0.1, -0.05) is 49.4 Å². The summed E-state index contributed by atoms with van der Waals surface area (Å²) in [6.45, 7) is 9.44. The van der Waals surface area contributed by atoms with E-state index in [4.69, 9.17) is 0 Å². The molecule has 0 aliphatic carbocycles. The van der Waals surface area contributed by atoms with Gasteiger partial charge in [-0.25, -0.2) is 4.39 Å². The predicted octanol–water partition coefficient (Wildman–Crippen LogP) is 5.79. The second-order valence-corrected chi connectivity index (χ2v) is 10.2. The van der Waals surface area contributed by atoms with Gasteiger partial charge in [0.15, 0.2) is 0 Å². The van der Waals surface area contributed by atoms with Crippen LogP contribution in [0.1, 0.15) is 65.8 Å². The predicted molar refractivity (Wildman–Crippen MR) is 161 cm³/mol. The van der Waals surface area contributed by atoms with E-state index in [1.54, 1.807) is 23.1 Å². The van der Waals surface area contributed by atoms with Gasteiger partial charge in [0.25, 0.3) is 11.8 Å². The van der Waals surface area contributed by atoms with Crippen LogP contribution in [0, 0.1) is 5.82 Å². The van der Waals surface area contributed by atoms with E-state index >= 15 is 0 Å². The molecule has 1 heterocycles. The number of nitrogens with zero attached hydrogens (tertiary/aromatic N) is 3. The van der Waals surface area contributed by atoms with Crippen LogP contribution in [0.4, 0.5) is 15.8 Å². The highest BCUT2D eigenvalue weighted by molar-refractivity contribution is 6.06. The Balaban J connectivity index is 1.57. The average molecular weight is 559 g/mol. The maximum absolute atomic E-state index is 14.2. The number of carbonyl (C=O) groups excluding carboxylic acids is 3. The van der Waals surface area contributed by atoms with E-state index in [0.717, 1.165) is 24.1 Å². The molecule has 1 saturated heterocycles. The molecular weight excluding hydrogens is 519 g/mol. The molecule has 1 aliphatic heterocycles. The standard InChI is InChI=1S/C33H39FN4O3/c1-4-26(24-13-8-7-9-14-24)32(40)38-20-12-19-37(21-22-38)30-18-17-25(23-28(30)33(41)36(5-2)6-3)35-31(39)27-15-10-11-16-29(27)34/h7-11,13-18,23,26H,4-6,12,19-22H2,1-3H3,(H,35,39)/t26-/m1/s1. The maximum atomic E-state index is 14.2. The van der Waals surface area contributed by atoms with Gasteiger partial charge in [0.1, 0.15) is 5.82 Å². The monoisotopic (exact) mass is 558 g/mol. The molecule has 1 atom stereocenters. The highest BCUT2D eigenvalue weighted by atomic mass is 19.1. The molecule has 0 aromatic heterocycles. The number of hydrogen-bond donors (Lipinski definition) is 1. The van der Waals surface area contributed by atoms with Gasteiger partial charge in [-0.05, 0) is 62.6 Å². The molecule has 0 bridgehead atoms. The minimum Gasteiger partial charge on any atom is -0.369 e. The van der Waals surface area contributed by atoms with Crippen molar-refractivity contribution in [2.45, 2.75) is 39.5 Å². The van der Waals surface area contributed by atoms with E-state index in [0.29, 0.717) is 50.5 Å². The molecule has 1 fully saturated rings. The van der Waals surface area contributed by atoms with Crippen LogP contribution in [-0.2, 0) is 4.79 Å². The number of halogens is 1. The fourth-order valence-corrected chi connectivity index (χ4v) is 5.42. The van der Waals surface area contributed by atoms with Gasteiger partial charge < -0.3 is 20.0 Å². The Bertz CT molecular complexity index is 1360. The lowest BCUT2D eigenvalue weighted by Crippen LogP contribution is -2.38. The van der Waals surface area contributed by atoms with Gasteiger partial charge in [0, 0.05) is 50.6 Å². The third kappa shape index (κ3) is 6.93. The number of nitrogens with one attached hydrogen (secondary N) is 1. The van der Waals surface area contributed by atoms with Gasteiger partial charge in [0.2, 0.25) is 5.91 Å². The third-order valence-electron chi connectivity index (χ3n) is 7.71. The lowest BCUT2D eigenvalue weighted by molar-refractivity contribution is -0.132. The van der Waals surface area contributed by atoms with Crippen molar-refractivity contribution in [1.82, 2.24) is 9.80 Å². The molecule has 0 unspecified atom stereocenters. The molecule has 1 N–H and O–H groups in total. The first-order valence-corrected chi connectivity index (χ1v) is 14.5. The van der Waals surface area contributed by atoms with Crippen LogP contribution in [0.2, 0.25) is 0 Å². The maximum Gasteiger partial charge on any atom is 0.258 e. The van der Waals surface area contributed by atoms with Crippen LogP contribution < -0.4 is 10.2 Å². The molecule has 41 heavy (non-hydrogen) atoms. The van der Waals surface area contributed by atoms with Gasteiger partial charge in [0.05, 0.1) is 17.0 Å². The molecule has 7 nitrogen and oxygen atoms in total. The van der Waals surface area contributed by atoms with Crippen molar-refractivity contribution < 1.29 is 18.8 Å². The Morgan fingerprint density at radius 2 is 1.56 bits per heavy atom. The van der Waals surface area contributed by atoms with Crippen LogP contribution in [0.3, 0.4) is 0 Å². The Kier molecular flexibility index (Phi) is 10.1. The second-order valence-electron chi connectivity index (χ2n) is 10.2. The van der Waals surface area contributed by atoms with Crippen LogP contribution in [0.5, 0.6) is 0 Å². The lowest BCUT2D eigenvalue weighted by Gasteiger charge is -2.29.